The highest BCUT2D eigenvalue weighted by atomic mass is 35.5. The predicted octanol–water partition coefficient (Wildman–Crippen LogP) is 0.818. The molecule has 0 aliphatic carbocycles. The highest BCUT2D eigenvalue weighted by molar-refractivity contribution is 6.29. The number of anilines is 1. The summed E-state index contributed by atoms with van der Waals surface area (Å²) in [5, 5.41) is 4.46. The number of hydrogen-bond acceptors (Lipinski definition) is 6. The zero-order valence-electron chi connectivity index (χ0n) is 11.9. The van der Waals surface area contributed by atoms with Crippen molar-refractivity contribution in [1.29, 1.82) is 0 Å². The lowest BCUT2D eigenvalue weighted by Crippen LogP contribution is -2.28. The van der Waals surface area contributed by atoms with Crippen molar-refractivity contribution in [2.45, 2.75) is 6.54 Å². The average molecular weight is 310 g/mol. The topological polar surface area (TPSA) is 73.1 Å². The molecule has 112 valence electrons. The van der Waals surface area contributed by atoms with Gasteiger partial charge in [-0.05, 0) is 0 Å². The lowest BCUT2D eigenvalue weighted by atomic mass is 10.4. The molecule has 0 radical (unpaired) electrons. The van der Waals surface area contributed by atoms with Crippen LogP contribution in [-0.4, -0.2) is 47.1 Å². The molecule has 0 saturated carbocycles. The second kappa shape index (κ2) is 7.14. The Balaban J connectivity index is 2.12. The number of nitrogens with zero attached hydrogens (tertiary/aromatic N) is 5. The zero-order chi connectivity index (χ0) is 15.2. The average Bonchev–Trinajstić information content (AvgIpc) is 2.49. The van der Waals surface area contributed by atoms with Gasteiger partial charge < -0.3 is 9.64 Å². The monoisotopic (exact) mass is 309 g/mol. The minimum absolute atomic E-state index is 0.200. The van der Waals surface area contributed by atoms with Crippen molar-refractivity contribution in [1.82, 2.24) is 19.7 Å². The van der Waals surface area contributed by atoms with Gasteiger partial charge in [-0.2, -0.15) is 5.10 Å². The maximum Gasteiger partial charge on any atom is 0.269 e. The summed E-state index contributed by atoms with van der Waals surface area (Å²) in [6.07, 6.45) is 4.60. The Labute approximate surface area is 127 Å². The van der Waals surface area contributed by atoms with Crippen LogP contribution in [-0.2, 0) is 11.3 Å². The Morgan fingerprint density at radius 3 is 2.76 bits per heavy atom. The first-order chi connectivity index (χ1) is 10.1. The van der Waals surface area contributed by atoms with Gasteiger partial charge in [0, 0.05) is 26.8 Å². The number of aromatic nitrogens is 4. The van der Waals surface area contributed by atoms with Gasteiger partial charge in [-0.15, -0.1) is 0 Å². The molecule has 2 aromatic rings. The molecule has 0 fully saturated rings. The number of rotatable bonds is 6. The maximum atomic E-state index is 12.1. The van der Waals surface area contributed by atoms with Gasteiger partial charge >= 0.3 is 0 Å². The zero-order valence-corrected chi connectivity index (χ0v) is 12.6. The first-order valence-corrected chi connectivity index (χ1v) is 6.71. The minimum atomic E-state index is -0.200. The van der Waals surface area contributed by atoms with Crippen LogP contribution < -0.4 is 10.5 Å². The van der Waals surface area contributed by atoms with Crippen molar-refractivity contribution in [3.63, 3.8) is 0 Å². The third-order valence-electron chi connectivity index (χ3n) is 2.91. The van der Waals surface area contributed by atoms with E-state index in [1.165, 1.54) is 23.1 Å². The molecule has 0 bridgehead atoms. The molecule has 0 atom stereocenters. The number of methoxy groups -OCH3 is 1. The van der Waals surface area contributed by atoms with Crippen LogP contribution in [0.1, 0.15) is 5.69 Å². The van der Waals surface area contributed by atoms with Crippen molar-refractivity contribution in [3.8, 4) is 0 Å². The molecule has 0 spiro atoms. The number of hydrogen-bond donors (Lipinski definition) is 0. The maximum absolute atomic E-state index is 12.1. The summed E-state index contributed by atoms with van der Waals surface area (Å²) in [6, 6.07) is 1.53. The standard InChI is InChI=1S/C13H16ClN5O2/c1-18(3-4-21-2)11-5-13(20)19(17-7-11)9-10-6-16-12(14)8-15-10/h5-8H,3-4,9H2,1-2H3. The largest absolute Gasteiger partial charge is 0.383 e. The second-order valence-corrected chi connectivity index (χ2v) is 4.84. The summed E-state index contributed by atoms with van der Waals surface area (Å²) in [5.41, 5.74) is 1.17. The highest BCUT2D eigenvalue weighted by Crippen LogP contribution is 2.07. The van der Waals surface area contributed by atoms with Crippen molar-refractivity contribution in [3.05, 3.63) is 45.9 Å². The van der Waals surface area contributed by atoms with E-state index in [2.05, 4.69) is 15.1 Å². The molecule has 7 nitrogen and oxygen atoms in total. The van der Waals surface area contributed by atoms with Gasteiger partial charge in [-0.25, -0.2) is 9.67 Å². The van der Waals surface area contributed by atoms with Gasteiger partial charge in [0.15, 0.2) is 0 Å². The Kier molecular flexibility index (Phi) is 5.24. The van der Waals surface area contributed by atoms with Crippen LogP contribution in [0, 0.1) is 0 Å². The molecule has 2 aromatic heterocycles. The lowest BCUT2D eigenvalue weighted by molar-refractivity contribution is 0.206. The van der Waals surface area contributed by atoms with Crippen molar-refractivity contribution < 1.29 is 4.74 Å². The first-order valence-electron chi connectivity index (χ1n) is 6.34. The van der Waals surface area contributed by atoms with E-state index >= 15 is 0 Å². The number of likely N-dealkylation sites (N-methyl/N-ethyl adjacent to an activating group) is 1. The molecule has 0 saturated heterocycles. The normalized spacial score (nSPS) is 10.6. The summed E-state index contributed by atoms with van der Waals surface area (Å²) in [7, 11) is 3.52. The van der Waals surface area contributed by atoms with E-state index in [4.69, 9.17) is 16.3 Å². The highest BCUT2D eigenvalue weighted by Gasteiger charge is 2.06. The molecule has 8 heteroatoms. The van der Waals surface area contributed by atoms with E-state index in [1.54, 1.807) is 13.3 Å². The molecule has 0 aliphatic rings. The predicted molar refractivity (Wildman–Crippen MR) is 79.8 cm³/mol. The third kappa shape index (κ3) is 4.24. The molecule has 0 aromatic carbocycles. The Hall–Kier alpha value is -1.99. The van der Waals surface area contributed by atoms with Crippen LogP contribution in [0.3, 0.4) is 0 Å². The molecule has 0 N–H and O–H groups in total. The van der Waals surface area contributed by atoms with E-state index in [9.17, 15) is 4.79 Å². The molecule has 0 aliphatic heterocycles. The van der Waals surface area contributed by atoms with Crippen molar-refractivity contribution in [2.75, 3.05) is 32.2 Å². The van der Waals surface area contributed by atoms with E-state index in [0.29, 0.717) is 24.0 Å². The van der Waals surface area contributed by atoms with E-state index in [-0.39, 0.29) is 12.1 Å². The van der Waals surface area contributed by atoms with E-state index in [1.807, 2.05) is 11.9 Å². The SMILES string of the molecule is COCCN(C)c1cnn(Cc2cnc(Cl)cn2)c(=O)c1. The van der Waals surface area contributed by atoms with E-state index < -0.39 is 0 Å². The summed E-state index contributed by atoms with van der Waals surface area (Å²) >= 11 is 5.67. The Bertz CT molecular complexity index is 644. The Morgan fingerprint density at radius 2 is 2.14 bits per heavy atom. The van der Waals surface area contributed by atoms with Gasteiger partial charge in [-0.3, -0.25) is 9.78 Å². The molecular weight excluding hydrogens is 294 g/mol. The summed E-state index contributed by atoms with van der Waals surface area (Å²) in [5.74, 6) is 0. The van der Waals surface area contributed by atoms with Crippen molar-refractivity contribution in [2.24, 2.45) is 0 Å². The van der Waals surface area contributed by atoms with Gasteiger partial charge in [0.1, 0.15) is 5.15 Å². The second-order valence-electron chi connectivity index (χ2n) is 4.45. The van der Waals surface area contributed by atoms with Crippen LogP contribution in [0.5, 0.6) is 0 Å². The summed E-state index contributed by atoms with van der Waals surface area (Å²) < 4.78 is 6.33. The number of halogens is 1. The quantitative estimate of drug-likeness (QED) is 0.786. The lowest BCUT2D eigenvalue weighted by Gasteiger charge is -2.18. The molecule has 2 rings (SSSR count). The molecule has 0 unspecified atom stereocenters. The van der Waals surface area contributed by atoms with Gasteiger partial charge in [0.2, 0.25) is 0 Å². The first kappa shape index (κ1) is 15.4. The third-order valence-corrected chi connectivity index (χ3v) is 3.11. The summed E-state index contributed by atoms with van der Waals surface area (Å²) in [4.78, 5) is 22.0. The van der Waals surface area contributed by atoms with Crippen LogP contribution in [0.2, 0.25) is 5.15 Å². The fourth-order valence-electron chi connectivity index (χ4n) is 1.68. The van der Waals surface area contributed by atoms with Crippen molar-refractivity contribution >= 4 is 17.3 Å². The van der Waals surface area contributed by atoms with Gasteiger partial charge in [0.25, 0.3) is 5.56 Å². The van der Waals surface area contributed by atoms with Gasteiger partial charge in [0.05, 0.1) is 43.1 Å². The van der Waals surface area contributed by atoms with E-state index in [0.717, 1.165) is 5.69 Å². The van der Waals surface area contributed by atoms with Crippen LogP contribution >= 0.6 is 11.6 Å². The molecule has 21 heavy (non-hydrogen) atoms. The minimum Gasteiger partial charge on any atom is -0.383 e. The van der Waals surface area contributed by atoms with Crippen LogP contribution in [0.25, 0.3) is 0 Å². The van der Waals surface area contributed by atoms with Gasteiger partial charge in [-0.1, -0.05) is 11.6 Å². The molecule has 2 heterocycles. The fraction of sp³-hybridized carbons (Fsp3) is 0.385. The van der Waals surface area contributed by atoms with Crippen LogP contribution in [0.15, 0.2) is 29.5 Å². The molecular formula is C13H16ClN5O2. The fourth-order valence-corrected chi connectivity index (χ4v) is 1.78. The Morgan fingerprint density at radius 1 is 1.33 bits per heavy atom. The summed E-state index contributed by atoms with van der Waals surface area (Å²) in [6.45, 7) is 1.52. The molecule has 0 amide bonds. The van der Waals surface area contributed by atoms with Crippen LogP contribution in [0.4, 0.5) is 5.69 Å². The smallest absolute Gasteiger partial charge is 0.269 e. The number of ether oxygens (including phenoxy) is 1.